The van der Waals surface area contributed by atoms with E-state index in [0.29, 0.717) is 10.6 Å². The van der Waals surface area contributed by atoms with E-state index in [1.807, 2.05) is 30.3 Å². The zero-order valence-corrected chi connectivity index (χ0v) is 28.4. The number of rotatable bonds is 12. The van der Waals surface area contributed by atoms with Gasteiger partial charge in [0.05, 0.1) is 25.7 Å². The van der Waals surface area contributed by atoms with Crippen molar-refractivity contribution in [2.75, 3.05) is 10.8 Å². The molecular formula is C35H33Cl3FN3O4S. The van der Waals surface area contributed by atoms with E-state index in [1.54, 1.807) is 36.4 Å². The number of nitrogens with zero attached hydrogens (tertiary/aromatic N) is 2. The Bertz CT molecular complexity index is 1820. The zero-order chi connectivity index (χ0) is 33.6. The predicted octanol–water partition coefficient (Wildman–Crippen LogP) is 7.68. The van der Waals surface area contributed by atoms with E-state index in [-0.39, 0.29) is 45.5 Å². The van der Waals surface area contributed by atoms with Crippen molar-refractivity contribution < 1.29 is 22.4 Å². The molecular weight excluding hydrogens is 684 g/mol. The molecule has 0 radical (unpaired) electrons. The van der Waals surface area contributed by atoms with Crippen molar-refractivity contribution in [1.82, 2.24) is 10.2 Å². The molecule has 0 aliphatic heterocycles. The Morgan fingerprint density at radius 1 is 0.809 bits per heavy atom. The predicted molar refractivity (Wildman–Crippen MR) is 184 cm³/mol. The molecule has 0 spiro atoms. The minimum atomic E-state index is -4.36. The SMILES string of the molecule is O=C(NC1CCCC1)[C@@H](Cc1ccccc1)N(Cc1ccc(Cl)c(Cl)c1)C(=O)CN(c1ccc(F)c(Cl)c1)S(=O)(=O)c1ccccc1. The van der Waals surface area contributed by atoms with Crippen LogP contribution in [0, 0.1) is 5.82 Å². The summed E-state index contributed by atoms with van der Waals surface area (Å²) in [6.45, 7) is -0.781. The summed E-state index contributed by atoms with van der Waals surface area (Å²) in [5, 5.41) is 3.40. The Morgan fingerprint density at radius 2 is 1.47 bits per heavy atom. The van der Waals surface area contributed by atoms with Crippen molar-refractivity contribution >= 4 is 62.3 Å². The molecule has 7 nitrogen and oxygen atoms in total. The second-order valence-corrected chi connectivity index (χ2v) is 14.5. The lowest BCUT2D eigenvalue weighted by molar-refractivity contribution is -0.140. The molecule has 2 amide bonds. The van der Waals surface area contributed by atoms with Crippen LogP contribution in [0.4, 0.5) is 10.1 Å². The third-order valence-electron chi connectivity index (χ3n) is 8.11. The molecule has 0 bridgehead atoms. The van der Waals surface area contributed by atoms with Crippen LogP contribution in [-0.2, 0) is 32.6 Å². The van der Waals surface area contributed by atoms with Crippen LogP contribution < -0.4 is 9.62 Å². The molecule has 1 aliphatic carbocycles. The first-order valence-electron chi connectivity index (χ1n) is 15.1. The third-order valence-corrected chi connectivity index (χ3v) is 10.9. The number of hydrogen-bond acceptors (Lipinski definition) is 4. The second kappa shape index (κ2) is 15.5. The van der Waals surface area contributed by atoms with E-state index in [2.05, 4.69) is 5.32 Å². The van der Waals surface area contributed by atoms with Gasteiger partial charge in [-0.3, -0.25) is 13.9 Å². The van der Waals surface area contributed by atoms with Crippen LogP contribution in [0.3, 0.4) is 0 Å². The highest BCUT2D eigenvalue weighted by Gasteiger charge is 2.35. The van der Waals surface area contributed by atoms with Gasteiger partial charge in [0.1, 0.15) is 18.4 Å². The smallest absolute Gasteiger partial charge is 0.264 e. The number of halogens is 4. The van der Waals surface area contributed by atoms with Gasteiger partial charge in [-0.2, -0.15) is 0 Å². The standard InChI is InChI=1S/C35H33Cl3FN3O4S/c36-29-17-15-25(19-30(29)37)22-41(33(20-24-9-3-1-4-10-24)35(44)40-26-11-7-8-12-26)34(43)23-42(27-16-18-32(39)31(38)21-27)47(45,46)28-13-5-2-6-14-28/h1-6,9-10,13-19,21,26,33H,7-8,11-12,20,22-23H2,(H,40,44)/t33-/m1/s1. The molecule has 1 fully saturated rings. The topological polar surface area (TPSA) is 86.8 Å². The first-order chi connectivity index (χ1) is 22.5. The van der Waals surface area contributed by atoms with Crippen LogP contribution in [0.2, 0.25) is 15.1 Å². The average molecular weight is 717 g/mol. The quantitative estimate of drug-likeness (QED) is 0.163. The van der Waals surface area contributed by atoms with Crippen molar-refractivity contribution in [2.24, 2.45) is 0 Å². The molecule has 12 heteroatoms. The van der Waals surface area contributed by atoms with Gasteiger partial charge in [0.25, 0.3) is 10.0 Å². The summed E-state index contributed by atoms with van der Waals surface area (Å²) in [6.07, 6.45) is 3.82. The van der Waals surface area contributed by atoms with E-state index in [1.165, 1.54) is 23.1 Å². The van der Waals surface area contributed by atoms with Crippen LogP contribution in [0.5, 0.6) is 0 Å². The molecule has 4 aromatic carbocycles. The molecule has 47 heavy (non-hydrogen) atoms. The molecule has 1 aliphatic rings. The van der Waals surface area contributed by atoms with Gasteiger partial charge in [0, 0.05) is 19.0 Å². The molecule has 0 unspecified atom stereocenters. The number of sulfonamides is 1. The maximum absolute atomic E-state index is 14.6. The van der Waals surface area contributed by atoms with Crippen molar-refractivity contribution in [1.29, 1.82) is 0 Å². The van der Waals surface area contributed by atoms with Gasteiger partial charge in [-0.1, -0.05) is 102 Å². The summed E-state index contributed by atoms with van der Waals surface area (Å²) in [6, 6.07) is 24.2. The highest BCUT2D eigenvalue weighted by molar-refractivity contribution is 7.92. The van der Waals surface area contributed by atoms with Crippen LogP contribution >= 0.6 is 34.8 Å². The minimum absolute atomic E-state index is 0.0156. The summed E-state index contributed by atoms with van der Waals surface area (Å²) in [5.41, 5.74) is 1.38. The number of benzene rings is 4. The number of nitrogens with one attached hydrogen (secondary N) is 1. The number of amides is 2. The highest BCUT2D eigenvalue weighted by atomic mass is 35.5. The molecule has 0 heterocycles. The fraction of sp³-hybridized carbons (Fsp3) is 0.257. The Labute approximate surface area is 289 Å². The summed E-state index contributed by atoms with van der Waals surface area (Å²) in [5.74, 6) is -1.76. The van der Waals surface area contributed by atoms with Crippen LogP contribution in [0.15, 0.2) is 102 Å². The van der Waals surface area contributed by atoms with Gasteiger partial charge >= 0.3 is 0 Å². The Kier molecular flexibility index (Phi) is 11.5. The normalized spacial score (nSPS) is 14.0. The van der Waals surface area contributed by atoms with Crippen molar-refractivity contribution in [2.45, 2.75) is 55.6 Å². The molecule has 0 aromatic heterocycles. The Morgan fingerprint density at radius 3 is 2.11 bits per heavy atom. The molecule has 1 atom stereocenters. The van der Waals surface area contributed by atoms with E-state index in [9.17, 15) is 22.4 Å². The maximum atomic E-state index is 14.6. The number of carbonyl (C=O) groups excluding carboxylic acids is 2. The van der Waals surface area contributed by atoms with E-state index in [0.717, 1.165) is 47.7 Å². The third kappa shape index (κ3) is 8.65. The summed E-state index contributed by atoms with van der Waals surface area (Å²) >= 11 is 18.6. The largest absolute Gasteiger partial charge is 0.352 e. The highest BCUT2D eigenvalue weighted by Crippen LogP contribution is 2.29. The van der Waals surface area contributed by atoms with Gasteiger partial charge in [-0.05, 0) is 66.4 Å². The molecule has 0 saturated heterocycles. The van der Waals surface area contributed by atoms with Crippen molar-refractivity contribution in [3.05, 3.63) is 129 Å². The fourth-order valence-corrected chi connectivity index (χ4v) is 7.57. The lowest BCUT2D eigenvalue weighted by Crippen LogP contribution is -2.54. The van der Waals surface area contributed by atoms with Crippen LogP contribution in [-0.4, -0.2) is 43.8 Å². The van der Waals surface area contributed by atoms with Gasteiger partial charge < -0.3 is 10.2 Å². The monoisotopic (exact) mass is 715 g/mol. The summed E-state index contributed by atoms with van der Waals surface area (Å²) in [4.78, 5) is 29.9. The molecule has 5 rings (SSSR count). The molecule has 246 valence electrons. The van der Waals surface area contributed by atoms with Gasteiger partial charge in [-0.15, -0.1) is 0 Å². The van der Waals surface area contributed by atoms with Crippen LogP contribution in [0.25, 0.3) is 0 Å². The first-order valence-corrected chi connectivity index (χ1v) is 17.7. The Hall–Kier alpha value is -3.63. The van der Waals surface area contributed by atoms with Crippen molar-refractivity contribution in [3.63, 3.8) is 0 Å². The lowest BCUT2D eigenvalue weighted by atomic mass is 10.0. The second-order valence-electron chi connectivity index (χ2n) is 11.4. The number of carbonyl (C=O) groups is 2. The maximum Gasteiger partial charge on any atom is 0.264 e. The van der Waals surface area contributed by atoms with E-state index in [4.69, 9.17) is 34.8 Å². The van der Waals surface area contributed by atoms with Crippen molar-refractivity contribution in [3.8, 4) is 0 Å². The fourth-order valence-electron chi connectivity index (χ4n) is 5.64. The van der Waals surface area contributed by atoms with Gasteiger partial charge in [0.15, 0.2) is 0 Å². The molecule has 1 saturated carbocycles. The van der Waals surface area contributed by atoms with E-state index >= 15 is 0 Å². The van der Waals surface area contributed by atoms with Gasteiger partial charge in [-0.25, -0.2) is 12.8 Å². The lowest BCUT2D eigenvalue weighted by Gasteiger charge is -2.34. The van der Waals surface area contributed by atoms with Gasteiger partial charge in [0.2, 0.25) is 11.8 Å². The summed E-state index contributed by atoms with van der Waals surface area (Å²) in [7, 11) is -4.36. The number of hydrogen-bond donors (Lipinski definition) is 1. The van der Waals surface area contributed by atoms with E-state index < -0.39 is 34.3 Å². The zero-order valence-electron chi connectivity index (χ0n) is 25.3. The molecule has 1 N–H and O–H groups in total. The summed E-state index contributed by atoms with van der Waals surface area (Å²) < 4.78 is 43.2. The minimum Gasteiger partial charge on any atom is -0.352 e. The Balaban J connectivity index is 1.58. The first kappa shape index (κ1) is 34.7. The van der Waals surface area contributed by atoms with Crippen LogP contribution in [0.1, 0.15) is 36.8 Å². The average Bonchev–Trinajstić information content (AvgIpc) is 3.58. The number of anilines is 1. The molecule has 4 aromatic rings.